The first kappa shape index (κ1) is 14.3. The van der Waals surface area contributed by atoms with Crippen LogP contribution in [0.1, 0.15) is 45.4 Å². The fourth-order valence-corrected chi connectivity index (χ4v) is 2.98. The minimum absolute atomic E-state index is 0.00991. The van der Waals surface area contributed by atoms with E-state index in [-0.39, 0.29) is 24.3 Å². The second-order valence-corrected chi connectivity index (χ2v) is 5.53. The van der Waals surface area contributed by atoms with Gasteiger partial charge in [-0.15, -0.1) is 0 Å². The Morgan fingerprint density at radius 2 is 2.11 bits per heavy atom. The van der Waals surface area contributed by atoms with Gasteiger partial charge in [-0.2, -0.15) is 0 Å². The lowest BCUT2D eigenvalue weighted by Crippen LogP contribution is -2.56. The molecule has 2 N–H and O–H groups in total. The highest BCUT2D eigenvalue weighted by Crippen LogP contribution is 2.17. The molecule has 1 heterocycles. The molecule has 1 aliphatic heterocycles. The van der Waals surface area contributed by atoms with E-state index in [4.69, 9.17) is 0 Å². The molecule has 1 saturated carbocycles. The maximum atomic E-state index is 12.1. The van der Waals surface area contributed by atoms with Gasteiger partial charge in [0.25, 0.3) is 0 Å². The van der Waals surface area contributed by atoms with Crippen LogP contribution in [0.25, 0.3) is 0 Å². The van der Waals surface area contributed by atoms with Gasteiger partial charge in [-0.05, 0) is 19.8 Å². The van der Waals surface area contributed by atoms with Crippen molar-refractivity contribution < 1.29 is 9.59 Å². The number of carbonyl (C=O) groups excluding carboxylic acids is 2. The van der Waals surface area contributed by atoms with Crippen LogP contribution in [-0.2, 0) is 9.59 Å². The van der Waals surface area contributed by atoms with Crippen molar-refractivity contribution in [2.45, 2.75) is 57.5 Å². The normalized spacial score (nSPS) is 25.4. The summed E-state index contributed by atoms with van der Waals surface area (Å²) in [4.78, 5) is 25.9. The number of nitrogens with zero attached hydrogens (tertiary/aromatic N) is 1. The van der Waals surface area contributed by atoms with Crippen LogP contribution in [0.15, 0.2) is 0 Å². The van der Waals surface area contributed by atoms with Gasteiger partial charge in [-0.1, -0.05) is 19.3 Å². The molecule has 0 aromatic carbocycles. The summed E-state index contributed by atoms with van der Waals surface area (Å²) in [6, 6.07) is -0.0143. The molecular weight excluding hydrogens is 242 g/mol. The molecule has 2 amide bonds. The topological polar surface area (TPSA) is 61.4 Å². The van der Waals surface area contributed by atoms with E-state index in [2.05, 4.69) is 10.6 Å². The molecule has 2 fully saturated rings. The van der Waals surface area contributed by atoms with E-state index in [0.717, 1.165) is 32.5 Å². The summed E-state index contributed by atoms with van der Waals surface area (Å²) in [7, 11) is 0. The van der Waals surface area contributed by atoms with E-state index < -0.39 is 0 Å². The molecule has 5 nitrogen and oxygen atoms in total. The van der Waals surface area contributed by atoms with Crippen LogP contribution in [0.3, 0.4) is 0 Å². The van der Waals surface area contributed by atoms with Gasteiger partial charge in [0, 0.05) is 25.7 Å². The van der Waals surface area contributed by atoms with Crippen molar-refractivity contribution in [2.75, 3.05) is 19.6 Å². The Morgan fingerprint density at radius 3 is 2.79 bits per heavy atom. The zero-order valence-electron chi connectivity index (χ0n) is 11.8. The van der Waals surface area contributed by atoms with Crippen LogP contribution in [0.2, 0.25) is 0 Å². The Kier molecular flexibility index (Phi) is 5.19. The lowest BCUT2D eigenvalue weighted by atomic mass is 9.95. The van der Waals surface area contributed by atoms with Crippen molar-refractivity contribution in [2.24, 2.45) is 0 Å². The lowest BCUT2D eigenvalue weighted by Gasteiger charge is -2.32. The summed E-state index contributed by atoms with van der Waals surface area (Å²) >= 11 is 0. The number of likely N-dealkylation sites (N-methyl/N-ethyl adjacent to an activating group) is 1. The van der Waals surface area contributed by atoms with Crippen molar-refractivity contribution in [3.63, 3.8) is 0 Å². The smallest absolute Gasteiger partial charge is 0.240 e. The van der Waals surface area contributed by atoms with E-state index in [1.165, 1.54) is 19.3 Å². The molecule has 19 heavy (non-hydrogen) atoms. The average molecular weight is 267 g/mol. The molecular formula is C14H25N3O2. The van der Waals surface area contributed by atoms with E-state index in [9.17, 15) is 9.59 Å². The van der Waals surface area contributed by atoms with Crippen LogP contribution < -0.4 is 10.6 Å². The fraction of sp³-hybridized carbons (Fsp3) is 0.857. The first-order valence-corrected chi connectivity index (χ1v) is 7.52. The molecule has 0 bridgehead atoms. The number of amides is 2. The molecule has 0 radical (unpaired) electrons. The summed E-state index contributed by atoms with van der Waals surface area (Å²) < 4.78 is 0. The zero-order valence-corrected chi connectivity index (χ0v) is 11.8. The summed E-state index contributed by atoms with van der Waals surface area (Å²) in [6.45, 7) is 4.22. The van der Waals surface area contributed by atoms with E-state index in [0.29, 0.717) is 6.04 Å². The summed E-state index contributed by atoms with van der Waals surface area (Å²) in [5.41, 5.74) is 0. The van der Waals surface area contributed by atoms with E-state index in [1.54, 1.807) is 0 Å². The molecule has 5 heteroatoms. The van der Waals surface area contributed by atoms with Crippen LogP contribution in [0.4, 0.5) is 0 Å². The van der Waals surface area contributed by atoms with E-state index >= 15 is 0 Å². The number of rotatable bonds is 4. The third kappa shape index (κ3) is 3.93. The maximum Gasteiger partial charge on any atom is 0.240 e. The standard InChI is InChI=1S/C14H25N3O2/c1-2-17-9-8-15-12(14(17)19)10-13(18)16-11-6-4-3-5-7-11/h11-12,15H,2-10H2,1H3,(H,16,18). The average Bonchev–Trinajstić information content (AvgIpc) is 2.42. The number of carbonyl (C=O) groups is 2. The van der Waals surface area contributed by atoms with Gasteiger partial charge in [0.2, 0.25) is 11.8 Å². The third-order valence-electron chi connectivity index (χ3n) is 4.12. The Balaban J connectivity index is 1.79. The first-order chi connectivity index (χ1) is 9.20. The maximum absolute atomic E-state index is 12.1. The molecule has 0 aromatic rings. The predicted octanol–water partition coefficient (Wildman–Crippen LogP) is 0.646. The highest BCUT2D eigenvalue weighted by Gasteiger charge is 2.29. The number of hydrogen-bond donors (Lipinski definition) is 2. The highest BCUT2D eigenvalue weighted by molar-refractivity contribution is 5.89. The Labute approximate surface area is 115 Å². The zero-order chi connectivity index (χ0) is 13.7. The van der Waals surface area contributed by atoms with Gasteiger partial charge < -0.3 is 15.5 Å². The molecule has 0 spiro atoms. The second kappa shape index (κ2) is 6.89. The molecule has 2 rings (SSSR count). The van der Waals surface area contributed by atoms with Gasteiger partial charge in [0.15, 0.2) is 0 Å². The number of hydrogen-bond acceptors (Lipinski definition) is 3. The molecule has 1 saturated heterocycles. The van der Waals surface area contributed by atoms with Crippen LogP contribution in [0.5, 0.6) is 0 Å². The second-order valence-electron chi connectivity index (χ2n) is 5.53. The molecule has 1 aliphatic carbocycles. The Morgan fingerprint density at radius 1 is 1.37 bits per heavy atom. The van der Waals surface area contributed by atoms with Crippen LogP contribution in [0, 0.1) is 0 Å². The summed E-state index contributed by atoms with van der Waals surface area (Å²) in [6.07, 6.45) is 6.12. The van der Waals surface area contributed by atoms with Crippen molar-refractivity contribution in [1.82, 2.24) is 15.5 Å². The van der Waals surface area contributed by atoms with Crippen molar-refractivity contribution in [1.29, 1.82) is 0 Å². The minimum Gasteiger partial charge on any atom is -0.353 e. The fourth-order valence-electron chi connectivity index (χ4n) is 2.98. The number of piperazine rings is 1. The summed E-state index contributed by atoms with van der Waals surface area (Å²) in [5.74, 6) is 0.0725. The molecule has 0 aromatic heterocycles. The predicted molar refractivity (Wildman–Crippen MR) is 73.7 cm³/mol. The lowest BCUT2D eigenvalue weighted by molar-refractivity contribution is -0.138. The van der Waals surface area contributed by atoms with Crippen molar-refractivity contribution in [3.05, 3.63) is 0 Å². The highest BCUT2D eigenvalue weighted by atomic mass is 16.2. The van der Waals surface area contributed by atoms with Crippen molar-refractivity contribution in [3.8, 4) is 0 Å². The van der Waals surface area contributed by atoms with Gasteiger partial charge in [-0.25, -0.2) is 0 Å². The molecule has 1 atom stereocenters. The van der Waals surface area contributed by atoms with Gasteiger partial charge in [0.1, 0.15) is 0 Å². The monoisotopic (exact) mass is 267 g/mol. The van der Waals surface area contributed by atoms with Crippen LogP contribution in [-0.4, -0.2) is 48.4 Å². The first-order valence-electron chi connectivity index (χ1n) is 7.52. The molecule has 108 valence electrons. The third-order valence-corrected chi connectivity index (χ3v) is 4.12. The number of nitrogens with one attached hydrogen (secondary N) is 2. The molecule has 1 unspecified atom stereocenters. The minimum atomic E-state index is -0.336. The Bertz CT molecular complexity index is 327. The summed E-state index contributed by atoms with van der Waals surface area (Å²) in [5, 5.41) is 6.22. The van der Waals surface area contributed by atoms with E-state index in [1.807, 2.05) is 11.8 Å². The largest absolute Gasteiger partial charge is 0.353 e. The molecule has 2 aliphatic rings. The van der Waals surface area contributed by atoms with Gasteiger partial charge in [-0.3, -0.25) is 9.59 Å². The van der Waals surface area contributed by atoms with Crippen LogP contribution >= 0.6 is 0 Å². The van der Waals surface area contributed by atoms with Gasteiger partial charge in [0.05, 0.1) is 12.5 Å². The Hall–Kier alpha value is -1.10. The SMILES string of the molecule is CCN1CCNC(CC(=O)NC2CCCCC2)C1=O. The van der Waals surface area contributed by atoms with Crippen molar-refractivity contribution >= 4 is 11.8 Å². The van der Waals surface area contributed by atoms with Gasteiger partial charge >= 0.3 is 0 Å². The quantitative estimate of drug-likeness (QED) is 0.786.